The van der Waals surface area contributed by atoms with Gasteiger partial charge in [-0.05, 0) is 63.7 Å². The number of primary amides is 1. The zero-order valence-corrected chi connectivity index (χ0v) is 21.8. The van der Waals surface area contributed by atoms with Gasteiger partial charge in [-0.25, -0.2) is 0 Å². The van der Waals surface area contributed by atoms with E-state index >= 15 is 0 Å². The monoisotopic (exact) mass is 534 g/mol. The zero-order valence-electron chi connectivity index (χ0n) is 21.8. The van der Waals surface area contributed by atoms with E-state index < -0.39 is 64.4 Å². The number of hydrogen-bond donors (Lipinski definition) is 4. The fraction of sp³-hybridized carbons (Fsp3) is 0.429. The Balaban J connectivity index is 1.70. The Morgan fingerprint density at radius 2 is 1.92 bits per heavy atom. The summed E-state index contributed by atoms with van der Waals surface area (Å²) >= 11 is 0. The number of likely N-dealkylation sites (N-methyl/N-ethyl adjacent to an activating group) is 1. The second kappa shape index (κ2) is 9.44. The van der Waals surface area contributed by atoms with E-state index in [9.17, 15) is 34.2 Å². The molecule has 0 spiro atoms. The molecule has 2 aromatic rings. The first kappa shape index (κ1) is 26.8. The fourth-order valence-electron chi connectivity index (χ4n) is 6.80. The summed E-state index contributed by atoms with van der Waals surface area (Å²) in [6.45, 7) is 0.228. The molecule has 11 heteroatoms. The maximum absolute atomic E-state index is 14.0. The van der Waals surface area contributed by atoms with E-state index in [-0.39, 0.29) is 30.7 Å². The number of benzene rings is 1. The molecule has 0 saturated heterocycles. The summed E-state index contributed by atoms with van der Waals surface area (Å²) in [5.41, 5.74) is 4.71. The molecule has 1 aromatic carbocycles. The molecule has 0 radical (unpaired) electrons. The summed E-state index contributed by atoms with van der Waals surface area (Å²) in [6, 6.07) is 5.95. The molecule has 3 aliphatic carbocycles. The predicted octanol–water partition coefficient (Wildman–Crippen LogP) is -0.352. The van der Waals surface area contributed by atoms with Gasteiger partial charge in [-0.2, -0.15) is 0 Å². The first-order valence-corrected chi connectivity index (χ1v) is 12.7. The Morgan fingerprint density at radius 3 is 2.51 bits per heavy atom. The summed E-state index contributed by atoms with van der Waals surface area (Å²) in [5.74, 6) is -10.7. The lowest BCUT2D eigenvalue weighted by Gasteiger charge is -2.52. The van der Waals surface area contributed by atoms with Crippen LogP contribution in [0.2, 0.25) is 0 Å². The van der Waals surface area contributed by atoms with Gasteiger partial charge < -0.3 is 21.3 Å². The average molecular weight is 535 g/mol. The maximum Gasteiger partial charge on any atom is 0.235 e. The van der Waals surface area contributed by atoms with Gasteiger partial charge in [-0.15, -0.1) is 0 Å². The van der Waals surface area contributed by atoms with E-state index in [4.69, 9.17) is 5.73 Å². The van der Waals surface area contributed by atoms with Crippen LogP contribution in [-0.4, -0.2) is 81.9 Å². The smallest absolute Gasteiger partial charge is 0.235 e. The summed E-state index contributed by atoms with van der Waals surface area (Å²) < 4.78 is 0. The van der Waals surface area contributed by atoms with Crippen LogP contribution in [0.1, 0.15) is 27.9 Å². The van der Waals surface area contributed by atoms with Gasteiger partial charge in [0.25, 0.3) is 0 Å². The predicted molar refractivity (Wildman–Crippen MR) is 137 cm³/mol. The Labute approximate surface area is 224 Å². The number of amides is 1. The molecule has 1 aromatic heterocycles. The average Bonchev–Trinajstić information content (AvgIpc) is 2.88. The number of nitrogens with one attached hydrogen (secondary N) is 1. The third-order valence-electron chi connectivity index (χ3n) is 8.45. The molecule has 2 saturated carbocycles. The number of nitrogens with zero attached hydrogens (tertiary/aromatic N) is 2. The highest BCUT2D eigenvalue weighted by Crippen LogP contribution is 2.52. The van der Waals surface area contributed by atoms with Crippen molar-refractivity contribution in [1.29, 1.82) is 0 Å². The van der Waals surface area contributed by atoms with E-state index in [1.807, 2.05) is 0 Å². The SMILES string of the molecule is CNCc1cc(-c2ccccn2)c2c(c1O)C(=O)C1C(=O)[C@]3(O)C(=O)C(C(N)=O)C(=O)[C@@H](N(C)C)[C@@H]3C[C@@H]1C2. The van der Waals surface area contributed by atoms with Crippen molar-refractivity contribution >= 4 is 29.0 Å². The van der Waals surface area contributed by atoms with Crippen molar-refractivity contribution in [2.75, 3.05) is 21.1 Å². The highest BCUT2D eigenvalue weighted by atomic mass is 16.3. The number of ketones is 4. The lowest BCUT2D eigenvalue weighted by Crippen LogP contribution is -2.74. The second-order valence-corrected chi connectivity index (χ2v) is 10.8. The van der Waals surface area contributed by atoms with Gasteiger partial charge in [0.05, 0.1) is 23.2 Å². The number of aromatic hydroxyl groups is 1. The number of phenols is 1. The molecule has 0 bridgehead atoms. The van der Waals surface area contributed by atoms with Gasteiger partial charge in [0.15, 0.2) is 34.7 Å². The molecular weight excluding hydrogens is 504 g/mol. The van der Waals surface area contributed by atoms with Crippen molar-refractivity contribution in [3.05, 3.63) is 47.2 Å². The van der Waals surface area contributed by atoms with Gasteiger partial charge in [0.2, 0.25) is 5.91 Å². The summed E-state index contributed by atoms with van der Waals surface area (Å²) in [7, 11) is 4.79. The highest BCUT2D eigenvalue weighted by Gasteiger charge is 2.69. The molecule has 11 nitrogen and oxygen atoms in total. The molecule has 39 heavy (non-hydrogen) atoms. The Morgan fingerprint density at radius 1 is 1.21 bits per heavy atom. The number of rotatable bonds is 5. The van der Waals surface area contributed by atoms with Gasteiger partial charge in [-0.1, -0.05) is 6.07 Å². The number of aliphatic hydroxyl groups is 1. The summed E-state index contributed by atoms with van der Waals surface area (Å²) in [5, 5.41) is 25.8. The topological polar surface area (TPSA) is 180 Å². The standard InChI is InChI=1S/C28H30N4O7/c1-30-11-13-9-14(17-6-4-5-7-31-17)15-8-12-10-16-21(32(2)3)24(35)20(27(29)38)26(37)28(16,39)25(36)18(12)23(34)19(15)22(13)33/h4-7,9,12,16,18,20-21,30,33,39H,8,10-11H2,1-3H3,(H2,29,38)/t12-,16-,18?,20?,21-,28-/m0/s1. The fourth-order valence-corrected chi connectivity index (χ4v) is 6.80. The van der Waals surface area contributed by atoms with Crippen molar-refractivity contribution in [2.45, 2.75) is 31.0 Å². The largest absolute Gasteiger partial charge is 0.507 e. The third-order valence-corrected chi connectivity index (χ3v) is 8.45. The Hall–Kier alpha value is -3.80. The first-order valence-electron chi connectivity index (χ1n) is 12.7. The summed E-state index contributed by atoms with van der Waals surface area (Å²) in [4.78, 5) is 72.6. The molecule has 5 rings (SSSR count). The van der Waals surface area contributed by atoms with Crippen molar-refractivity contribution in [1.82, 2.24) is 15.2 Å². The minimum Gasteiger partial charge on any atom is -0.507 e. The lowest BCUT2D eigenvalue weighted by molar-refractivity contribution is -0.181. The van der Waals surface area contributed by atoms with Crippen LogP contribution in [0.3, 0.4) is 0 Å². The van der Waals surface area contributed by atoms with Gasteiger partial charge in [0.1, 0.15) is 5.75 Å². The van der Waals surface area contributed by atoms with Gasteiger partial charge in [-0.3, -0.25) is 33.9 Å². The summed E-state index contributed by atoms with van der Waals surface area (Å²) in [6.07, 6.45) is 1.77. The Bertz CT molecular complexity index is 1420. The molecule has 0 aliphatic heterocycles. The third kappa shape index (κ3) is 3.75. The van der Waals surface area contributed by atoms with Crippen LogP contribution in [0.4, 0.5) is 0 Å². The van der Waals surface area contributed by atoms with Crippen LogP contribution >= 0.6 is 0 Å². The molecular formula is C28H30N4O7. The molecule has 1 heterocycles. The molecule has 3 aliphatic rings. The number of aromatic nitrogens is 1. The minimum absolute atomic E-state index is 0.00934. The van der Waals surface area contributed by atoms with Gasteiger partial charge >= 0.3 is 0 Å². The number of fused-ring (bicyclic) bond motifs is 3. The van der Waals surface area contributed by atoms with E-state index in [0.29, 0.717) is 22.4 Å². The van der Waals surface area contributed by atoms with E-state index in [1.54, 1.807) is 51.6 Å². The lowest BCUT2D eigenvalue weighted by atomic mass is 9.52. The van der Waals surface area contributed by atoms with Crippen molar-refractivity contribution < 1.29 is 34.2 Å². The van der Waals surface area contributed by atoms with E-state index in [1.165, 1.54) is 4.90 Å². The zero-order chi connectivity index (χ0) is 28.4. The van der Waals surface area contributed by atoms with Gasteiger partial charge in [0, 0.05) is 29.8 Å². The second-order valence-electron chi connectivity index (χ2n) is 10.8. The molecule has 1 amide bonds. The van der Waals surface area contributed by atoms with Crippen LogP contribution in [0, 0.1) is 23.7 Å². The van der Waals surface area contributed by atoms with Crippen LogP contribution < -0.4 is 11.1 Å². The molecule has 5 N–H and O–H groups in total. The van der Waals surface area contributed by atoms with Crippen molar-refractivity contribution in [3.8, 4) is 17.0 Å². The van der Waals surface area contributed by atoms with Crippen LogP contribution in [0.25, 0.3) is 11.3 Å². The first-order chi connectivity index (χ1) is 18.4. The number of carbonyl (C=O) groups is 5. The number of carbonyl (C=O) groups excluding carboxylic acids is 5. The number of Topliss-reactive ketones (excluding diaryl/α,β-unsaturated/α-hetero) is 4. The van der Waals surface area contributed by atoms with E-state index in [0.717, 1.165) is 0 Å². The number of nitrogens with two attached hydrogens (primary N) is 1. The highest BCUT2D eigenvalue weighted by molar-refractivity contribution is 6.32. The van der Waals surface area contributed by atoms with E-state index in [2.05, 4.69) is 10.3 Å². The van der Waals surface area contributed by atoms with Crippen LogP contribution in [0.5, 0.6) is 5.75 Å². The van der Waals surface area contributed by atoms with Crippen LogP contribution in [0.15, 0.2) is 30.5 Å². The molecule has 204 valence electrons. The van der Waals surface area contributed by atoms with Crippen molar-refractivity contribution in [3.63, 3.8) is 0 Å². The molecule has 2 unspecified atom stereocenters. The maximum atomic E-state index is 14.0. The Kier molecular flexibility index (Phi) is 6.48. The quantitative estimate of drug-likeness (QED) is 0.370. The molecule has 6 atom stereocenters. The normalized spacial score (nSPS) is 30.1. The number of phenolic OH excluding ortho intramolecular Hbond substituents is 1. The van der Waals surface area contributed by atoms with Crippen molar-refractivity contribution in [2.24, 2.45) is 29.4 Å². The number of pyridine rings is 1. The molecule has 2 fully saturated rings. The number of hydrogen-bond acceptors (Lipinski definition) is 10. The minimum atomic E-state index is -2.75. The van der Waals surface area contributed by atoms with Crippen LogP contribution in [-0.2, 0) is 32.1 Å².